The van der Waals surface area contributed by atoms with Gasteiger partial charge in [-0.05, 0) is 26.8 Å². The summed E-state index contributed by atoms with van der Waals surface area (Å²) in [7, 11) is 0. The van der Waals surface area contributed by atoms with Crippen LogP contribution < -0.4 is 0 Å². The van der Waals surface area contributed by atoms with Gasteiger partial charge in [0.25, 0.3) is 0 Å². The van der Waals surface area contributed by atoms with Crippen molar-refractivity contribution in [2.45, 2.75) is 44.5 Å². The van der Waals surface area contributed by atoms with Gasteiger partial charge in [0.15, 0.2) is 0 Å². The van der Waals surface area contributed by atoms with Crippen molar-refractivity contribution in [1.29, 1.82) is 0 Å². The molecular weight excluding hydrogens is 256 g/mol. The van der Waals surface area contributed by atoms with Crippen LogP contribution in [-0.4, -0.2) is 40.8 Å². The highest BCUT2D eigenvalue weighted by Crippen LogP contribution is 2.51. The molecule has 20 heavy (non-hydrogen) atoms. The summed E-state index contributed by atoms with van der Waals surface area (Å²) in [6, 6.07) is 3.96. The molecular formula is C15H20N2O3. The largest absolute Gasteiger partial charge is 0.444 e. The summed E-state index contributed by atoms with van der Waals surface area (Å²) in [6.07, 6.45) is 4.21. The van der Waals surface area contributed by atoms with Crippen LogP contribution >= 0.6 is 0 Å². The molecule has 2 unspecified atom stereocenters. The number of nitrogens with zero attached hydrogens (tertiary/aromatic N) is 2. The summed E-state index contributed by atoms with van der Waals surface area (Å²) >= 11 is 0. The fourth-order valence-corrected chi connectivity index (χ4v) is 2.72. The molecule has 2 aliphatic heterocycles. The van der Waals surface area contributed by atoms with Crippen LogP contribution in [0.1, 0.15) is 32.8 Å². The zero-order chi connectivity index (χ0) is 14.4. The van der Waals surface area contributed by atoms with Gasteiger partial charge >= 0.3 is 6.09 Å². The first kappa shape index (κ1) is 13.4. The number of rotatable bonds is 1. The molecule has 5 nitrogen and oxygen atoms in total. The molecule has 0 aliphatic carbocycles. The number of epoxide rings is 1. The van der Waals surface area contributed by atoms with E-state index in [1.807, 2.05) is 39.1 Å². The van der Waals surface area contributed by atoms with Crippen LogP contribution in [0.25, 0.3) is 0 Å². The number of carbonyl (C=O) groups excluding carboxylic acids is 1. The molecule has 108 valence electrons. The Kier molecular flexibility index (Phi) is 2.97. The molecule has 0 aromatic carbocycles. The van der Waals surface area contributed by atoms with E-state index in [2.05, 4.69) is 4.98 Å². The number of fused-ring (bicyclic) bond motifs is 1. The van der Waals surface area contributed by atoms with Crippen LogP contribution in [0.15, 0.2) is 24.5 Å². The molecule has 0 bridgehead atoms. The third-order valence-electron chi connectivity index (χ3n) is 3.76. The Bertz CT molecular complexity index is 512. The number of carbonyl (C=O) groups is 1. The van der Waals surface area contributed by atoms with Gasteiger partial charge in [-0.3, -0.25) is 4.98 Å². The molecule has 5 heteroatoms. The number of pyridine rings is 1. The molecule has 0 saturated carbocycles. The predicted molar refractivity (Wildman–Crippen MR) is 73.2 cm³/mol. The van der Waals surface area contributed by atoms with Crippen molar-refractivity contribution in [3.63, 3.8) is 0 Å². The second-order valence-corrected chi connectivity index (χ2v) is 6.41. The van der Waals surface area contributed by atoms with Gasteiger partial charge < -0.3 is 14.4 Å². The molecule has 2 fully saturated rings. The Labute approximate surface area is 118 Å². The lowest BCUT2D eigenvalue weighted by Gasteiger charge is -2.30. The van der Waals surface area contributed by atoms with Crippen LogP contribution in [0.4, 0.5) is 4.79 Å². The van der Waals surface area contributed by atoms with Gasteiger partial charge in [0.1, 0.15) is 17.3 Å². The summed E-state index contributed by atoms with van der Waals surface area (Å²) in [5, 5.41) is 0. The fourth-order valence-electron chi connectivity index (χ4n) is 2.72. The van der Waals surface area contributed by atoms with Crippen molar-refractivity contribution in [2.24, 2.45) is 0 Å². The Morgan fingerprint density at radius 1 is 1.55 bits per heavy atom. The summed E-state index contributed by atoms with van der Waals surface area (Å²) < 4.78 is 11.3. The van der Waals surface area contributed by atoms with Crippen molar-refractivity contribution < 1.29 is 14.3 Å². The second kappa shape index (κ2) is 4.45. The van der Waals surface area contributed by atoms with Gasteiger partial charge in [0.05, 0.1) is 6.54 Å². The third kappa shape index (κ3) is 2.38. The van der Waals surface area contributed by atoms with Crippen LogP contribution in [0.2, 0.25) is 0 Å². The van der Waals surface area contributed by atoms with E-state index in [-0.39, 0.29) is 17.8 Å². The molecule has 3 rings (SSSR count). The Hall–Kier alpha value is -1.62. The highest BCUT2D eigenvalue weighted by atomic mass is 16.6. The number of hydrogen-bond acceptors (Lipinski definition) is 4. The third-order valence-corrected chi connectivity index (χ3v) is 3.76. The minimum absolute atomic E-state index is 0.0629. The number of hydrogen-bond donors (Lipinski definition) is 0. The van der Waals surface area contributed by atoms with Gasteiger partial charge in [-0.2, -0.15) is 0 Å². The molecule has 1 aromatic rings. The normalized spacial score (nSPS) is 28.8. The van der Waals surface area contributed by atoms with Gasteiger partial charge in [-0.1, -0.05) is 6.07 Å². The summed E-state index contributed by atoms with van der Waals surface area (Å²) in [6.45, 7) is 6.87. The molecule has 1 amide bonds. The average molecular weight is 276 g/mol. The number of amides is 1. The summed E-state index contributed by atoms with van der Waals surface area (Å²) in [4.78, 5) is 17.9. The molecule has 2 saturated heterocycles. The number of aromatic nitrogens is 1. The zero-order valence-corrected chi connectivity index (χ0v) is 12.1. The first-order valence-corrected chi connectivity index (χ1v) is 6.97. The van der Waals surface area contributed by atoms with Gasteiger partial charge in [0.2, 0.25) is 0 Å². The molecule has 0 spiro atoms. The van der Waals surface area contributed by atoms with E-state index in [9.17, 15) is 4.79 Å². The minimum Gasteiger partial charge on any atom is -0.444 e. The molecule has 0 radical (unpaired) electrons. The van der Waals surface area contributed by atoms with Crippen molar-refractivity contribution in [2.75, 3.05) is 13.1 Å². The van der Waals surface area contributed by atoms with Gasteiger partial charge in [-0.15, -0.1) is 0 Å². The number of piperidine rings is 1. The van der Waals surface area contributed by atoms with Crippen molar-refractivity contribution in [3.05, 3.63) is 30.1 Å². The Balaban J connectivity index is 1.65. The molecule has 2 atom stereocenters. The van der Waals surface area contributed by atoms with Gasteiger partial charge in [0, 0.05) is 30.9 Å². The number of likely N-dealkylation sites (tertiary alicyclic amines) is 1. The monoisotopic (exact) mass is 276 g/mol. The summed E-state index contributed by atoms with van der Waals surface area (Å²) in [5.74, 6) is 0. The standard InChI is InChI=1S/C15H20N2O3/c1-14(2,3)20-13(18)17-8-6-15(12(10-17)19-15)11-5-4-7-16-9-11/h4-5,7,9,12H,6,8,10H2,1-3H3. The van der Waals surface area contributed by atoms with E-state index < -0.39 is 5.60 Å². The number of ether oxygens (including phenoxy) is 2. The zero-order valence-electron chi connectivity index (χ0n) is 12.1. The topological polar surface area (TPSA) is 55.0 Å². The minimum atomic E-state index is -0.459. The second-order valence-electron chi connectivity index (χ2n) is 6.41. The summed E-state index contributed by atoms with van der Waals surface area (Å²) in [5.41, 5.74) is 0.417. The smallest absolute Gasteiger partial charge is 0.410 e. The van der Waals surface area contributed by atoms with Crippen molar-refractivity contribution >= 4 is 6.09 Å². The SMILES string of the molecule is CC(C)(C)OC(=O)N1CCC2(c3cccnc3)OC2C1. The van der Waals surface area contributed by atoms with Gasteiger partial charge in [-0.25, -0.2) is 4.79 Å². The molecule has 1 aromatic heterocycles. The van der Waals surface area contributed by atoms with Crippen LogP contribution in [0, 0.1) is 0 Å². The predicted octanol–water partition coefficient (Wildman–Crippen LogP) is 2.32. The average Bonchev–Trinajstić information content (AvgIpc) is 3.12. The van der Waals surface area contributed by atoms with E-state index >= 15 is 0 Å². The van der Waals surface area contributed by atoms with E-state index in [0.29, 0.717) is 13.1 Å². The maximum atomic E-state index is 12.1. The Morgan fingerprint density at radius 3 is 2.95 bits per heavy atom. The maximum Gasteiger partial charge on any atom is 0.410 e. The van der Waals surface area contributed by atoms with Crippen LogP contribution in [-0.2, 0) is 15.1 Å². The maximum absolute atomic E-state index is 12.1. The molecule has 0 N–H and O–H groups in total. The van der Waals surface area contributed by atoms with E-state index in [1.54, 1.807) is 11.1 Å². The first-order chi connectivity index (χ1) is 9.41. The van der Waals surface area contributed by atoms with Crippen LogP contribution in [0.5, 0.6) is 0 Å². The fraction of sp³-hybridized carbons (Fsp3) is 0.600. The van der Waals surface area contributed by atoms with E-state index in [0.717, 1.165) is 12.0 Å². The lowest BCUT2D eigenvalue weighted by atomic mass is 9.90. The van der Waals surface area contributed by atoms with Crippen molar-refractivity contribution in [1.82, 2.24) is 9.88 Å². The highest BCUT2D eigenvalue weighted by Gasteiger charge is 2.61. The quantitative estimate of drug-likeness (QED) is 0.739. The van der Waals surface area contributed by atoms with Crippen molar-refractivity contribution in [3.8, 4) is 0 Å². The van der Waals surface area contributed by atoms with E-state index in [4.69, 9.17) is 9.47 Å². The first-order valence-electron chi connectivity index (χ1n) is 6.97. The Morgan fingerprint density at radius 2 is 2.35 bits per heavy atom. The lowest BCUT2D eigenvalue weighted by molar-refractivity contribution is 0.0217. The van der Waals surface area contributed by atoms with E-state index in [1.165, 1.54) is 0 Å². The van der Waals surface area contributed by atoms with Crippen LogP contribution in [0.3, 0.4) is 0 Å². The highest BCUT2D eigenvalue weighted by molar-refractivity contribution is 5.68. The molecule has 2 aliphatic rings. The lowest BCUT2D eigenvalue weighted by Crippen LogP contribution is -2.44. The molecule has 3 heterocycles.